The molecule has 1 aliphatic heterocycles. The molecule has 0 saturated heterocycles. The number of fused-ring (bicyclic) bond motifs is 1. The van der Waals surface area contributed by atoms with Crippen LogP contribution in [0.1, 0.15) is 29.2 Å². The van der Waals surface area contributed by atoms with E-state index in [0.717, 1.165) is 23.6 Å². The minimum atomic E-state index is 0.150. The largest absolute Gasteiger partial charge is 0.485 e. The lowest BCUT2D eigenvalue weighted by molar-refractivity contribution is 0.176. The number of ether oxygens (including phenoxy) is 1. The summed E-state index contributed by atoms with van der Waals surface area (Å²) >= 11 is 5.91. The Balaban J connectivity index is 1.88. The van der Waals surface area contributed by atoms with Gasteiger partial charge in [-0.1, -0.05) is 35.9 Å². The lowest BCUT2D eigenvalue weighted by Crippen LogP contribution is -2.15. The van der Waals surface area contributed by atoms with Crippen molar-refractivity contribution in [2.24, 2.45) is 0 Å². The van der Waals surface area contributed by atoms with Gasteiger partial charge in [-0.05, 0) is 54.7 Å². The van der Waals surface area contributed by atoms with Gasteiger partial charge in [0.15, 0.2) is 0 Å². The summed E-state index contributed by atoms with van der Waals surface area (Å²) in [5.41, 5.74) is 3.75. The average Bonchev–Trinajstić information content (AvgIpc) is 2.38. The molecule has 2 aromatic carbocycles. The Morgan fingerprint density at radius 3 is 2.67 bits per heavy atom. The predicted octanol–water partition coefficient (Wildman–Crippen LogP) is 4.71. The van der Waals surface area contributed by atoms with Crippen LogP contribution in [0.2, 0.25) is 5.02 Å². The monoisotopic (exact) mass is 258 g/mol. The molecule has 2 aromatic rings. The van der Waals surface area contributed by atoms with Gasteiger partial charge in [-0.15, -0.1) is 0 Å². The van der Waals surface area contributed by atoms with Gasteiger partial charge < -0.3 is 4.74 Å². The van der Waals surface area contributed by atoms with Crippen LogP contribution < -0.4 is 4.74 Å². The Bertz CT molecular complexity index is 560. The quantitative estimate of drug-likeness (QED) is 0.720. The first kappa shape index (κ1) is 11.6. The van der Waals surface area contributed by atoms with Crippen molar-refractivity contribution in [2.45, 2.75) is 25.9 Å². The molecule has 1 aliphatic rings. The zero-order chi connectivity index (χ0) is 12.5. The van der Waals surface area contributed by atoms with Crippen molar-refractivity contribution in [3.05, 3.63) is 64.2 Å². The molecule has 3 rings (SSSR count). The van der Waals surface area contributed by atoms with E-state index in [9.17, 15) is 0 Å². The van der Waals surface area contributed by atoms with Crippen LogP contribution in [0.3, 0.4) is 0 Å². The standard InChI is InChI=1S/C16H15ClO/c1-11-2-3-13-6-9-15(18-16(13)10-11)12-4-7-14(17)8-5-12/h2-5,7-8,10,15H,6,9H2,1H3. The molecule has 0 aromatic heterocycles. The first-order chi connectivity index (χ1) is 8.72. The molecule has 0 amide bonds. The minimum absolute atomic E-state index is 0.150. The highest BCUT2D eigenvalue weighted by Crippen LogP contribution is 2.35. The van der Waals surface area contributed by atoms with Crippen molar-refractivity contribution in [3.63, 3.8) is 0 Å². The highest BCUT2D eigenvalue weighted by atomic mass is 35.5. The Labute approximate surface area is 112 Å². The Morgan fingerprint density at radius 2 is 1.89 bits per heavy atom. The van der Waals surface area contributed by atoms with E-state index in [4.69, 9.17) is 16.3 Å². The van der Waals surface area contributed by atoms with Crippen LogP contribution in [0.15, 0.2) is 42.5 Å². The van der Waals surface area contributed by atoms with E-state index in [-0.39, 0.29) is 6.10 Å². The maximum Gasteiger partial charge on any atom is 0.124 e. The van der Waals surface area contributed by atoms with E-state index in [0.29, 0.717) is 0 Å². The Kier molecular flexibility index (Phi) is 3.00. The van der Waals surface area contributed by atoms with Crippen molar-refractivity contribution >= 4 is 11.6 Å². The maximum atomic E-state index is 6.10. The molecule has 0 aliphatic carbocycles. The molecule has 0 bridgehead atoms. The minimum Gasteiger partial charge on any atom is -0.485 e. The van der Waals surface area contributed by atoms with Crippen molar-refractivity contribution in [2.75, 3.05) is 0 Å². The highest BCUT2D eigenvalue weighted by Gasteiger charge is 2.21. The van der Waals surface area contributed by atoms with Gasteiger partial charge >= 0.3 is 0 Å². The number of hydrogen-bond acceptors (Lipinski definition) is 1. The van der Waals surface area contributed by atoms with Gasteiger partial charge in [-0.3, -0.25) is 0 Å². The molecule has 0 fully saturated rings. The van der Waals surface area contributed by atoms with Gasteiger partial charge in [-0.25, -0.2) is 0 Å². The summed E-state index contributed by atoms with van der Waals surface area (Å²) in [4.78, 5) is 0. The third-order valence-corrected chi connectivity index (χ3v) is 3.66. The van der Waals surface area contributed by atoms with Crippen molar-refractivity contribution in [3.8, 4) is 5.75 Å². The third-order valence-electron chi connectivity index (χ3n) is 3.41. The van der Waals surface area contributed by atoms with Crippen LogP contribution in [0.4, 0.5) is 0 Å². The number of aryl methyl sites for hydroxylation is 2. The van der Waals surface area contributed by atoms with Crippen molar-refractivity contribution in [1.29, 1.82) is 0 Å². The average molecular weight is 259 g/mol. The van der Waals surface area contributed by atoms with Crippen molar-refractivity contribution < 1.29 is 4.74 Å². The van der Waals surface area contributed by atoms with Crippen LogP contribution in [0.25, 0.3) is 0 Å². The van der Waals surface area contributed by atoms with Gasteiger partial charge in [0.2, 0.25) is 0 Å². The van der Waals surface area contributed by atoms with Crippen LogP contribution in [0.5, 0.6) is 5.75 Å². The highest BCUT2D eigenvalue weighted by molar-refractivity contribution is 6.30. The van der Waals surface area contributed by atoms with Gasteiger partial charge in [-0.2, -0.15) is 0 Å². The summed E-state index contributed by atoms with van der Waals surface area (Å²) in [7, 11) is 0. The molecule has 1 unspecified atom stereocenters. The molecule has 0 saturated carbocycles. The normalized spacial score (nSPS) is 18.0. The summed E-state index contributed by atoms with van der Waals surface area (Å²) in [6.45, 7) is 2.09. The molecule has 0 spiro atoms. The van der Waals surface area contributed by atoms with Gasteiger partial charge in [0.05, 0.1) is 0 Å². The second-order valence-corrected chi connectivity index (χ2v) is 5.24. The van der Waals surface area contributed by atoms with E-state index in [1.165, 1.54) is 16.7 Å². The van der Waals surface area contributed by atoms with Crippen LogP contribution in [-0.2, 0) is 6.42 Å². The predicted molar refractivity (Wildman–Crippen MR) is 74.3 cm³/mol. The smallest absolute Gasteiger partial charge is 0.124 e. The Morgan fingerprint density at radius 1 is 1.11 bits per heavy atom. The fraction of sp³-hybridized carbons (Fsp3) is 0.250. The van der Waals surface area contributed by atoms with Crippen molar-refractivity contribution in [1.82, 2.24) is 0 Å². The number of halogens is 1. The molecule has 1 atom stereocenters. The summed E-state index contributed by atoms with van der Waals surface area (Å²) in [5.74, 6) is 1.03. The van der Waals surface area contributed by atoms with Crippen LogP contribution >= 0.6 is 11.6 Å². The molecule has 1 nitrogen and oxygen atoms in total. The fourth-order valence-electron chi connectivity index (χ4n) is 2.39. The van der Waals surface area contributed by atoms with E-state index >= 15 is 0 Å². The second kappa shape index (κ2) is 4.66. The van der Waals surface area contributed by atoms with E-state index in [2.05, 4.69) is 25.1 Å². The summed E-state index contributed by atoms with van der Waals surface area (Å²) in [6.07, 6.45) is 2.25. The third kappa shape index (κ3) is 2.23. The first-order valence-corrected chi connectivity index (χ1v) is 6.62. The van der Waals surface area contributed by atoms with E-state index in [1.54, 1.807) is 0 Å². The Hall–Kier alpha value is -1.47. The lowest BCUT2D eigenvalue weighted by Gasteiger charge is -2.26. The maximum absolute atomic E-state index is 6.10. The fourth-order valence-corrected chi connectivity index (χ4v) is 2.51. The molecule has 92 valence electrons. The zero-order valence-corrected chi connectivity index (χ0v) is 11.1. The SMILES string of the molecule is Cc1ccc2c(c1)OC(c1ccc(Cl)cc1)CC2. The second-order valence-electron chi connectivity index (χ2n) is 4.81. The topological polar surface area (TPSA) is 9.23 Å². The molecule has 0 radical (unpaired) electrons. The van der Waals surface area contributed by atoms with Gasteiger partial charge in [0.25, 0.3) is 0 Å². The van der Waals surface area contributed by atoms with Crippen LogP contribution in [0, 0.1) is 6.92 Å². The summed E-state index contributed by atoms with van der Waals surface area (Å²) < 4.78 is 6.10. The molecular weight excluding hydrogens is 244 g/mol. The zero-order valence-electron chi connectivity index (χ0n) is 10.3. The number of rotatable bonds is 1. The van der Waals surface area contributed by atoms with Crippen LogP contribution in [-0.4, -0.2) is 0 Å². The first-order valence-electron chi connectivity index (χ1n) is 6.24. The van der Waals surface area contributed by atoms with E-state index in [1.807, 2.05) is 24.3 Å². The number of benzene rings is 2. The molecule has 1 heterocycles. The summed E-state index contributed by atoms with van der Waals surface area (Å²) in [6, 6.07) is 14.4. The van der Waals surface area contributed by atoms with E-state index < -0.39 is 0 Å². The lowest BCUT2D eigenvalue weighted by atomic mass is 9.97. The molecule has 2 heteroatoms. The van der Waals surface area contributed by atoms with Gasteiger partial charge in [0.1, 0.15) is 11.9 Å². The number of hydrogen-bond donors (Lipinski definition) is 0. The van der Waals surface area contributed by atoms with Gasteiger partial charge in [0, 0.05) is 5.02 Å². The molecule has 0 N–H and O–H groups in total. The molecule has 18 heavy (non-hydrogen) atoms. The molecular formula is C16H15ClO. The summed E-state index contributed by atoms with van der Waals surface area (Å²) in [5, 5.41) is 0.769.